The van der Waals surface area contributed by atoms with E-state index in [1.807, 2.05) is 0 Å². The predicted octanol–water partition coefficient (Wildman–Crippen LogP) is 2.11. The van der Waals surface area contributed by atoms with Crippen molar-refractivity contribution in [1.29, 1.82) is 0 Å². The van der Waals surface area contributed by atoms with Crippen LogP contribution in [0, 0.1) is 0 Å². The maximum atomic E-state index is 12.6. The second-order valence-electron chi connectivity index (χ2n) is 2.73. The Balaban J connectivity index is 2.88. The molecule has 1 aliphatic rings. The van der Waals surface area contributed by atoms with E-state index in [1.165, 1.54) is 0 Å². The van der Waals surface area contributed by atoms with Crippen LogP contribution in [0.3, 0.4) is 0 Å². The minimum absolute atomic E-state index is 0.898. The number of ether oxygens (including phenoxy) is 2. The number of hydrogen-bond donors (Lipinski definition) is 0. The zero-order valence-corrected chi connectivity index (χ0v) is 6.77. The van der Waals surface area contributed by atoms with Gasteiger partial charge in [0.25, 0.3) is 0 Å². The molecule has 1 heterocycles. The number of carbonyl (C=O) groups is 1. The lowest BCUT2D eigenvalue weighted by Gasteiger charge is -2.24. The van der Waals surface area contributed by atoms with Gasteiger partial charge in [-0.25, -0.2) is 4.79 Å². The van der Waals surface area contributed by atoms with E-state index in [4.69, 9.17) is 0 Å². The molecular weight excluding hydrogens is 215 g/mol. The largest absolute Gasteiger partial charge is 0.509 e. The first-order valence-electron chi connectivity index (χ1n) is 3.48. The van der Waals surface area contributed by atoms with Crippen LogP contribution in [0.4, 0.5) is 26.7 Å². The van der Waals surface area contributed by atoms with Gasteiger partial charge in [-0.2, -0.15) is 22.0 Å². The van der Waals surface area contributed by atoms with Gasteiger partial charge in [0.2, 0.25) is 6.10 Å². The Morgan fingerprint density at radius 1 is 1.14 bits per heavy atom. The molecule has 0 bridgehead atoms. The van der Waals surface area contributed by atoms with Gasteiger partial charge in [-0.15, -0.1) is 0 Å². The van der Waals surface area contributed by atoms with Crippen molar-refractivity contribution in [3.63, 3.8) is 0 Å². The van der Waals surface area contributed by atoms with Crippen molar-refractivity contribution in [1.82, 2.24) is 0 Å². The van der Waals surface area contributed by atoms with Crippen LogP contribution < -0.4 is 0 Å². The molecular formula is C6H5F5O3. The Kier molecular flexibility index (Phi) is 2.32. The quantitative estimate of drug-likeness (QED) is 0.501. The molecule has 1 fully saturated rings. The Bertz CT molecular complexity index is 248. The lowest BCUT2D eigenvalue weighted by Crippen LogP contribution is -2.50. The highest BCUT2D eigenvalue weighted by molar-refractivity contribution is 5.62. The Hall–Kier alpha value is -1.08. The number of carbonyl (C=O) groups excluding carboxylic acids is 1. The van der Waals surface area contributed by atoms with Crippen LogP contribution in [0.5, 0.6) is 0 Å². The summed E-state index contributed by atoms with van der Waals surface area (Å²) in [5.41, 5.74) is 0. The fourth-order valence-electron chi connectivity index (χ4n) is 0.971. The summed E-state index contributed by atoms with van der Waals surface area (Å²) < 4.78 is 68.3. The molecule has 0 aliphatic carbocycles. The van der Waals surface area contributed by atoms with Gasteiger partial charge in [-0.3, -0.25) is 0 Å². The summed E-state index contributed by atoms with van der Waals surface area (Å²) in [5, 5.41) is 0. The Morgan fingerprint density at radius 2 is 1.64 bits per heavy atom. The van der Waals surface area contributed by atoms with Crippen LogP contribution in [0.1, 0.15) is 6.92 Å². The van der Waals surface area contributed by atoms with Gasteiger partial charge in [0.05, 0.1) is 0 Å². The van der Waals surface area contributed by atoms with Gasteiger partial charge in [-0.05, 0) is 6.92 Å². The first kappa shape index (κ1) is 11.0. The molecule has 0 aromatic rings. The number of halogens is 5. The van der Waals surface area contributed by atoms with Crippen LogP contribution in [0.15, 0.2) is 0 Å². The molecule has 0 radical (unpaired) electrons. The molecule has 0 aromatic heterocycles. The third kappa shape index (κ3) is 1.60. The molecule has 82 valence electrons. The van der Waals surface area contributed by atoms with Crippen molar-refractivity contribution >= 4 is 6.16 Å². The summed E-state index contributed by atoms with van der Waals surface area (Å²) in [5.74, 6) is -5.10. The first-order valence-corrected chi connectivity index (χ1v) is 3.48. The van der Waals surface area contributed by atoms with Crippen molar-refractivity contribution < 1.29 is 36.2 Å². The van der Waals surface area contributed by atoms with E-state index >= 15 is 0 Å². The minimum atomic E-state index is -5.76. The molecule has 0 saturated carbocycles. The first-order chi connectivity index (χ1) is 6.16. The van der Waals surface area contributed by atoms with Crippen LogP contribution >= 0.6 is 0 Å². The maximum Gasteiger partial charge on any atom is 0.509 e. The molecule has 14 heavy (non-hydrogen) atoms. The molecule has 1 saturated heterocycles. The van der Waals surface area contributed by atoms with Gasteiger partial charge in [0.15, 0.2) is 0 Å². The van der Waals surface area contributed by atoms with E-state index in [9.17, 15) is 26.7 Å². The number of cyclic esters (lactones) is 2. The molecule has 1 rings (SSSR count). The summed E-state index contributed by atoms with van der Waals surface area (Å²) >= 11 is 0. The molecule has 0 N–H and O–H groups in total. The van der Waals surface area contributed by atoms with E-state index in [2.05, 4.69) is 9.47 Å². The fourth-order valence-corrected chi connectivity index (χ4v) is 0.971. The second-order valence-corrected chi connectivity index (χ2v) is 2.73. The van der Waals surface area contributed by atoms with Crippen LogP contribution in [0.2, 0.25) is 0 Å². The van der Waals surface area contributed by atoms with E-state index in [-0.39, 0.29) is 0 Å². The molecule has 0 spiro atoms. The highest BCUT2D eigenvalue weighted by Gasteiger charge is 2.67. The molecule has 0 aromatic carbocycles. The van der Waals surface area contributed by atoms with E-state index in [0.717, 1.165) is 6.92 Å². The smallest absolute Gasteiger partial charge is 0.427 e. The van der Waals surface area contributed by atoms with E-state index in [1.54, 1.807) is 0 Å². The maximum absolute atomic E-state index is 12.6. The van der Waals surface area contributed by atoms with Crippen molar-refractivity contribution in [2.75, 3.05) is 0 Å². The SMILES string of the molecule is CC1OC(=O)OC1C(F)(F)C(F)(F)F. The average Bonchev–Trinajstić information content (AvgIpc) is 2.27. The zero-order chi connectivity index (χ0) is 11.1. The minimum Gasteiger partial charge on any atom is -0.427 e. The van der Waals surface area contributed by atoms with Crippen molar-refractivity contribution in [2.45, 2.75) is 31.2 Å². The van der Waals surface area contributed by atoms with E-state index < -0.39 is 30.5 Å². The second kappa shape index (κ2) is 2.96. The molecule has 8 heteroatoms. The summed E-state index contributed by atoms with van der Waals surface area (Å²) in [6, 6.07) is 0. The van der Waals surface area contributed by atoms with Crippen molar-refractivity contribution in [2.24, 2.45) is 0 Å². The summed E-state index contributed by atoms with van der Waals surface area (Å²) in [6.45, 7) is 0.898. The fraction of sp³-hybridized carbons (Fsp3) is 0.833. The molecule has 3 nitrogen and oxygen atoms in total. The molecule has 1 aliphatic heterocycles. The summed E-state index contributed by atoms with van der Waals surface area (Å²) in [4.78, 5) is 10.3. The normalized spacial score (nSPS) is 28.6. The van der Waals surface area contributed by atoms with Gasteiger partial charge in [0.1, 0.15) is 6.10 Å². The van der Waals surface area contributed by atoms with Crippen LogP contribution in [-0.2, 0) is 9.47 Å². The molecule has 2 atom stereocenters. The molecule has 0 amide bonds. The topological polar surface area (TPSA) is 35.5 Å². The third-order valence-electron chi connectivity index (χ3n) is 1.67. The van der Waals surface area contributed by atoms with Crippen LogP contribution in [-0.4, -0.2) is 30.5 Å². The predicted molar refractivity (Wildman–Crippen MR) is 31.8 cm³/mol. The van der Waals surface area contributed by atoms with Gasteiger partial charge < -0.3 is 9.47 Å². The van der Waals surface area contributed by atoms with E-state index in [0.29, 0.717) is 0 Å². The lowest BCUT2D eigenvalue weighted by atomic mass is 10.1. The molecule has 2 unspecified atom stereocenters. The monoisotopic (exact) mass is 220 g/mol. The summed E-state index contributed by atoms with van der Waals surface area (Å²) in [6.07, 6.45) is -11.5. The summed E-state index contributed by atoms with van der Waals surface area (Å²) in [7, 11) is 0. The van der Waals surface area contributed by atoms with Crippen molar-refractivity contribution in [3.05, 3.63) is 0 Å². The van der Waals surface area contributed by atoms with Gasteiger partial charge in [0, 0.05) is 0 Å². The number of hydrogen-bond acceptors (Lipinski definition) is 3. The average molecular weight is 220 g/mol. The zero-order valence-electron chi connectivity index (χ0n) is 6.77. The standard InChI is InChI=1S/C6H5F5O3/c1-2-3(14-4(12)13-2)5(7,8)6(9,10)11/h2-3H,1H3. The van der Waals surface area contributed by atoms with Crippen LogP contribution in [0.25, 0.3) is 0 Å². The third-order valence-corrected chi connectivity index (χ3v) is 1.67. The van der Waals surface area contributed by atoms with Crippen molar-refractivity contribution in [3.8, 4) is 0 Å². The lowest BCUT2D eigenvalue weighted by molar-refractivity contribution is -0.311. The highest BCUT2D eigenvalue weighted by Crippen LogP contribution is 2.42. The van der Waals surface area contributed by atoms with Gasteiger partial charge in [-0.1, -0.05) is 0 Å². The van der Waals surface area contributed by atoms with Gasteiger partial charge >= 0.3 is 18.3 Å². The highest BCUT2D eigenvalue weighted by atomic mass is 19.4. The Labute approximate surface area is 74.8 Å². The number of alkyl halides is 5. The Morgan fingerprint density at radius 3 is 1.93 bits per heavy atom. The number of rotatable bonds is 1.